The van der Waals surface area contributed by atoms with Gasteiger partial charge in [-0.05, 0) is 0 Å². The highest BCUT2D eigenvalue weighted by molar-refractivity contribution is 6.32. The summed E-state index contributed by atoms with van der Waals surface area (Å²) in [5.74, 6) is -0.563. The zero-order valence-electron chi connectivity index (χ0n) is 7.78. The molecule has 0 aromatic carbocycles. The smallest absolute Gasteiger partial charge is 0.434 e. The number of alkyl halides is 5. The zero-order chi connectivity index (χ0) is 12.5. The van der Waals surface area contributed by atoms with Gasteiger partial charge in [-0.1, -0.05) is 11.6 Å². The van der Waals surface area contributed by atoms with Crippen LogP contribution in [0.15, 0.2) is 6.07 Å². The molecule has 1 aromatic heterocycles. The standard InChI is InChI=1S/C8H5ClF5NO/c1-16-4-2-3(7(10)11)5(9)6(15-4)8(12,13)14/h2,7H,1H3. The number of aromatic nitrogens is 1. The fourth-order valence-corrected chi connectivity index (χ4v) is 1.26. The van der Waals surface area contributed by atoms with E-state index in [1.54, 1.807) is 0 Å². The Labute approximate surface area is 92.0 Å². The maximum Gasteiger partial charge on any atom is 0.434 e. The van der Waals surface area contributed by atoms with Crippen LogP contribution in [0.4, 0.5) is 22.0 Å². The van der Waals surface area contributed by atoms with Crippen LogP contribution in [0.5, 0.6) is 5.88 Å². The molecule has 1 heterocycles. The highest BCUT2D eigenvalue weighted by atomic mass is 35.5. The van der Waals surface area contributed by atoms with Crippen molar-refractivity contribution in [2.24, 2.45) is 0 Å². The minimum atomic E-state index is -4.91. The summed E-state index contributed by atoms with van der Waals surface area (Å²) in [6.07, 6.45) is -8.04. The maximum atomic E-state index is 12.4. The number of methoxy groups -OCH3 is 1. The first-order chi connectivity index (χ1) is 7.27. The number of halogens is 6. The minimum Gasteiger partial charge on any atom is -0.481 e. The van der Waals surface area contributed by atoms with Gasteiger partial charge in [0.2, 0.25) is 5.88 Å². The molecular formula is C8H5ClF5NO. The monoisotopic (exact) mass is 261 g/mol. The van der Waals surface area contributed by atoms with E-state index in [9.17, 15) is 22.0 Å². The Morgan fingerprint density at radius 1 is 1.38 bits per heavy atom. The van der Waals surface area contributed by atoms with E-state index >= 15 is 0 Å². The van der Waals surface area contributed by atoms with E-state index in [-0.39, 0.29) is 0 Å². The summed E-state index contributed by atoms with van der Waals surface area (Å²) in [6, 6.07) is 0.669. The number of hydrogen-bond donors (Lipinski definition) is 0. The highest BCUT2D eigenvalue weighted by Crippen LogP contribution is 2.39. The van der Waals surface area contributed by atoms with Crippen LogP contribution in [0.25, 0.3) is 0 Å². The predicted octanol–water partition coefficient (Wildman–Crippen LogP) is 3.70. The topological polar surface area (TPSA) is 22.1 Å². The lowest BCUT2D eigenvalue weighted by molar-refractivity contribution is -0.141. The molecule has 0 aliphatic rings. The molecule has 0 radical (unpaired) electrons. The summed E-state index contributed by atoms with van der Waals surface area (Å²) in [5.41, 5.74) is -2.54. The van der Waals surface area contributed by atoms with Crippen molar-refractivity contribution in [1.29, 1.82) is 0 Å². The van der Waals surface area contributed by atoms with Crippen LogP contribution < -0.4 is 4.74 Å². The van der Waals surface area contributed by atoms with Crippen LogP contribution in [0.3, 0.4) is 0 Å². The molecule has 0 amide bonds. The SMILES string of the molecule is COc1cc(C(F)F)c(Cl)c(C(F)(F)F)n1. The van der Waals surface area contributed by atoms with Crippen molar-refractivity contribution in [3.05, 3.63) is 22.3 Å². The summed E-state index contributed by atoms with van der Waals surface area (Å²) >= 11 is 5.20. The molecule has 0 aliphatic carbocycles. The molecule has 0 N–H and O–H groups in total. The summed E-state index contributed by atoms with van der Waals surface area (Å²) < 4.78 is 66.2. The second kappa shape index (κ2) is 4.40. The molecule has 8 heteroatoms. The second-order valence-corrected chi connectivity index (χ2v) is 3.09. The van der Waals surface area contributed by atoms with Crippen LogP contribution >= 0.6 is 11.6 Å². The van der Waals surface area contributed by atoms with Gasteiger partial charge < -0.3 is 4.74 Å². The third-order valence-electron chi connectivity index (χ3n) is 1.68. The largest absolute Gasteiger partial charge is 0.481 e. The van der Waals surface area contributed by atoms with Crippen molar-refractivity contribution in [2.45, 2.75) is 12.6 Å². The predicted molar refractivity (Wildman–Crippen MR) is 45.8 cm³/mol. The van der Waals surface area contributed by atoms with Crippen LogP contribution in [0.2, 0.25) is 5.02 Å². The quantitative estimate of drug-likeness (QED) is 0.757. The lowest BCUT2D eigenvalue weighted by Gasteiger charge is -2.12. The molecule has 0 bridgehead atoms. The van der Waals surface area contributed by atoms with Crippen molar-refractivity contribution in [3.63, 3.8) is 0 Å². The number of nitrogens with zero attached hydrogens (tertiary/aromatic N) is 1. The molecule has 0 saturated heterocycles. The van der Waals surface area contributed by atoms with E-state index in [0.717, 1.165) is 7.11 Å². The highest BCUT2D eigenvalue weighted by Gasteiger charge is 2.38. The van der Waals surface area contributed by atoms with E-state index in [2.05, 4.69) is 9.72 Å². The summed E-state index contributed by atoms with van der Waals surface area (Å²) in [4.78, 5) is 2.99. The summed E-state index contributed by atoms with van der Waals surface area (Å²) in [5, 5.41) is -1.11. The van der Waals surface area contributed by atoms with E-state index < -0.39 is 34.8 Å². The Hall–Kier alpha value is -1.11. The zero-order valence-corrected chi connectivity index (χ0v) is 8.53. The van der Waals surface area contributed by atoms with Crippen LogP contribution in [-0.2, 0) is 6.18 Å². The van der Waals surface area contributed by atoms with E-state index in [1.165, 1.54) is 0 Å². The molecule has 16 heavy (non-hydrogen) atoms. The Balaban J connectivity index is 3.44. The first-order valence-electron chi connectivity index (χ1n) is 3.87. The van der Waals surface area contributed by atoms with Gasteiger partial charge in [0, 0.05) is 11.6 Å². The molecular weight excluding hydrogens is 257 g/mol. The first kappa shape index (κ1) is 13.0. The van der Waals surface area contributed by atoms with Gasteiger partial charge in [0.1, 0.15) is 0 Å². The van der Waals surface area contributed by atoms with Crippen LogP contribution in [0.1, 0.15) is 17.7 Å². The molecule has 1 rings (SSSR count). The van der Waals surface area contributed by atoms with Crippen molar-refractivity contribution >= 4 is 11.6 Å². The van der Waals surface area contributed by atoms with Gasteiger partial charge >= 0.3 is 6.18 Å². The molecule has 0 atom stereocenters. The molecule has 0 fully saturated rings. The van der Waals surface area contributed by atoms with E-state index in [4.69, 9.17) is 11.6 Å². The van der Waals surface area contributed by atoms with E-state index in [0.29, 0.717) is 6.07 Å². The average molecular weight is 262 g/mol. The maximum absolute atomic E-state index is 12.4. The van der Waals surface area contributed by atoms with Crippen molar-refractivity contribution in [3.8, 4) is 5.88 Å². The molecule has 2 nitrogen and oxygen atoms in total. The van der Waals surface area contributed by atoms with Gasteiger partial charge in [-0.25, -0.2) is 13.8 Å². The Morgan fingerprint density at radius 3 is 2.31 bits per heavy atom. The molecule has 0 saturated carbocycles. The van der Waals surface area contributed by atoms with E-state index in [1.807, 2.05) is 0 Å². The lowest BCUT2D eigenvalue weighted by atomic mass is 10.2. The first-order valence-corrected chi connectivity index (χ1v) is 4.25. The lowest BCUT2D eigenvalue weighted by Crippen LogP contribution is -2.11. The number of hydrogen-bond acceptors (Lipinski definition) is 2. The van der Waals surface area contributed by atoms with Gasteiger partial charge in [0.05, 0.1) is 12.1 Å². The van der Waals surface area contributed by atoms with Crippen molar-refractivity contribution in [2.75, 3.05) is 7.11 Å². The van der Waals surface area contributed by atoms with Crippen LogP contribution in [0, 0.1) is 0 Å². The van der Waals surface area contributed by atoms with Gasteiger partial charge in [-0.2, -0.15) is 13.2 Å². The van der Waals surface area contributed by atoms with Gasteiger partial charge in [-0.15, -0.1) is 0 Å². The third-order valence-corrected chi connectivity index (χ3v) is 2.07. The van der Waals surface area contributed by atoms with Crippen molar-refractivity contribution in [1.82, 2.24) is 4.98 Å². The molecule has 90 valence electrons. The molecule has 1 aromatic rings. The molecule has 0 spiro atoms. The summed E-state index contributed by atoms with van der Waals surface area (Å²) in [6.45, 7) is 0. The average Bonchev–Trinajstić information content (AvgIpc) is 2.15. The number of rotatable bonds is 2. The number of ether oxygens (including phenoxy) is 1. The Bertz CT molecular complexity index is 393. The van der Waals surface area contributed by atoms with Gasteiger partial charge in [0.25, 0.3) is 6.43 Å². The Morgan fingerprint density at radius 2 is 1.94 bits per heavy atom. The molecule has 0 aliphatic heterocycles. The van der Waals surface area contributed by atoms with Crippen LogP contribution in [-0.4, -0.2) is 12.1 Å². The van der Waals surface area contributed by atoms with Crippen molar-refractivity contribution < 1.29 is 26.7 Å². The minimum absolute atomic E-state index is 0.563. The second-order valence-electron chi connectivity index (χ2n) is 2.71. The Kier molecular flexibility index (Phi) is 3.57. The normalized spacial score (nSPS) is 12.0. The number of pyridine rings is 1. The third kappa shape index (κ3) is 2.52. The molecule has 0 unspecified atom stereocenters. The van der Waals surface area contributed by atoms with Gasteiger partial charge in [0.15, 0.2) is 5.69 Å². The van der Waals surface area contributed by atoms with Gasteiger partial charge in [-0.3, -0.25) is 0 Å². The summed E-state index contributed by atoms with van der Waals surface area (Å²) in [7, 11) is 1.02. The fraction of sp³-hybridized carbons (Fsp3) is 0.375. The fourth-order valence-electron chi connectivity index (χ4n) is 0.976.